The highest BCUT2D eigenvalue weighted by atomic mass is 32.1. The molecule has 0 radical (unpaired) electrons. The van der Waals surface area contributed by atoms with Crippen LogP contribution in [0.15, 0.2) is 12.1 Å². The third kappa shape index (κ3) is 23.8. The summed E-state index contributed by atoms with van der Waals surface area (Å²) in [6, 6.07) is 3.07. The number of thiophene rings is 2. The van der Waals surface area contributed by atoms with Crippen LogP contribution in [0.4, 0.5) is 26.3 Å². The number of alkyl halides is 6. The highest BCUT2D eigenvalue weighted by Gasteiger charge is 2.80. The largest absolute Gasteiger partial charge is 0.380 e. The Morgan fingerprint density at radius 2 is 0.630 bits per heavy atom. The van der Waals surface area contributed by atoms with Gasteiger partial charge in [0.25, 0.3) is 0 Å². The lowest BCUT2D eigenvalue weighted by atomic mass is 10.0. The van der Waals surface area contributed by atoms with Gasteiger partial charge in [-0.2, -0.15) is 26.3 Å². The maximum atomic E-state index is 15.8. The molecule has 0 atom stereocenters. The van der Waals surface area contributed by atoms with E-state index in [4.69, 9.17) is 0 Å². The Balaban J connectivity index is 1.35. The molecule has 4 nitrogen and oxygen atoms in total. The first-order valence-electron chi connectivity index (χ1n) is 29.8. The lowest BCUT2D eigenvalue weighted by Gasteiger charge is -2.25. The molecule has 420 valence electrons. The molecule has 2 heterocycles. The molecule has 0 saturated carbocycles. The van der Waals surface area contributed by atoms with Gasteiger partial charge in [-0.3, -0.25) is 9.59 Å². The van der Waals surface area contributed by atoms with Crippen molar-refractivity contribution in [2.24, 2.45) is 0 Å². The zero-order valence-corrected chi connectivity index (χ0v) is 47.9. The van der Waals surface area contributed by atoms with Gasteiger partial charge in [-0.05, 0) is 62.8 Å². The van der Waals surface area contributed by atoms with Crippen LogP contribution in [0, 0.1) is 13.8 Å². The number of amides is 2. The molecule has 2 aromatic heterocycles. The second kappa shape index (κ2) is 37.4. The van der Waals surface area contributed by atoms with Crippen LogP contribution in [0.5, 0.6) is 0 Å². The Kier molecular flexibility index (Phi) is 33.3. The van der Waals surface area contributed by atoms with E-state index < -0.39 is 28.9 Å². The van der Waals surface area contributed by atoms with Gasteiger partial charge in [-0.15, -0.1) is 22.7 Å². The minimum absolute atomic E-state index is 0.0631. The summed E-state index contributed by atoms with van der Waals surface area (Å²) in [4.78, 5) is 25.8. The number of hydrogen-bond acceptors (Lipinski definition) is 4. The Morgan fingerprint density at radius 3 is 0.877 bits per heavy atom. The molecule has 2 aromatic rings. The molecule has 0 aromatic carbocycles. The van der Waals surface area contributed by atoms with Crippen molar-refractivity contribution in [1.82, 2.24) is 10.6 Å². The van der Waals surface area contributed by atoms with E-state index in [0.717, 1.165) is 61.2 Å². The van der Waals surface area contributed by atoms with E-state index in [2.05, 4.69) is 24.5 Å². The molecule has 12 heteroatoms. The zero-order chi connectivity index (χ0) is 53.2. The normalized spacial score (nSPS) is 14.9. The van der Waals surface area contributed by atoms with Crippen LogP contribution in [0.25, 0.3) is 11.1 Å². The monoisotopic (exact) mass is 1070 g/mol. The number of unbranched alkanes of at least 4 members (excludes halogenated alkanes) is 34. The van der Waals surface area contributed by atoms with Crippen LogP contribution in [-0.2, 0) is 22.4 Å². The Bertz CT molecular complexity index is 1700. The summed E-state index contributed by atoms with van der Waals surface area (Å²) in [7, 11) is 0. The predicted octanol–water partition coefficient (Wildman–Crippen LogP) is 20.4. The second-order valence-corrected chi connectivity index (χ2v) is 23.9. The number of carbonyl (C=O) groups excluding carboxylic acids is 2. The van der Waals surface area contributed by atoms with E-state index in [1.165, 1.54) is 219 Å². The van der Waals surface area contributed by atoms with Crippen molar-refractivity contribution in [2.75, 3.05) is 13.1 Å². The van der Waals surface area contributed by atoms with Crippen molar-refractivity contribution in [2.45, 2.75) is 302 Å². The molecule has 0 saturated heterocycles. The number of halogens is 6. The third-order valence-corrected chi connectivity index (χ3v) is 17.6. The number of allylic oxidation sites excluding steroid dienone is 2. The first-order chi connectivity index (χ1) is 35.2. The summed E-state index contributed by atoms with van der Waals surface area (Å²) in [5.74, 6) is -16.4. The van der Waals surface area contributed by atoms with Crippen LogP contribution in [0.1, 0.15) is 288 Å². The average Bonchev–Trinajstić information content (AvgIpc) is 3.95. The number of rotatable bonds is 46. The third-order valence-electron chi connectivity index (χ3n) is 15.0. The summed E-state index contributed by atoms with van der Waals surface area (Å²) in [6.45, 7) is 8.49. The van der Waals surface area contributed by atoms with Gasteiger partial charge in [0.15, 0.2) is 0 Å². The topological polar surface area (TPSA) is 58.2 Å². The van der Waals surface area contributed by atoms with E-state index in [9.17, 15) is 9.59 Å². The zero-order valence-electron chi connectivity index (χ0n) is 46.3. The molecular weight excluding hydrogens is 971 g/mol. The fraction of sp³-hybridized carbons (Fsp3) is 0.803. The van der Waals surface area contributed by atoms with Crippen molar-refractivity contribution in [3.63, 3.8) is 0 Å². The molecule has 0 fully saturated rings. The number of hydrogen-bond donors (Lipinski definition) is 2. The van der Waals surface area contributed by atoms with Crippen molar-refractivity contribution in [3.8, 4) is 0 Å². The maximum Gasteiger partial charge on any atom is 0.380 e. The first kappa shape index (κ1) is 64.9. The van der Waals surface area contributed by atoms with Gasteiger partial charge in [-0.25, -0.2) is 0 Å². The van der Waals surface area contributed by atoms with Gasteiger partial charge in [0.05, 0.1) is 11.1 Å². The quantitative estimate of drug-likeness (QED) is 0.0513. The van der Waals surface area contributed by atoms with Gasteiger partial charge in [0, 0.05) is 45.4 Å². The molecule has 0 bridgehead atoms. The fourth-order valence-corrected chi connectivity index (χ4v) is 12.8. The minimum Gasteiger partial charge on any atom is -0.356 e. The molecule has 0 unspecified atom stereocenters. The van der Waals surface area contributed by atoms with E-state index in [1.54, 1.807) is 0 Å². The molecule has 1 aliphatic rings. The van der Waals surface area contributed by atoms with E-state index in [0.29, 0.717) is 22.8 Å². The van der Waals surface area contributed by atoms with Crippen molar-refractivity contribution < 1.29 is 35.9 Å². The molecule has 3 rings (SSSR count). The molecule has 2 N–H and O–H groups in total. The van der Waals surface area contributed by atoms with Crippen molar-refractivity contribution in [3.05, 3.63) is 42.8 Å². The highest BCUT2D eigenvalue weighted by molar-refractivity contribution is 7.14. The molecular formula is C61H100F6N2O2S2. The fourth-order valence-electron chi connectivity index (χ4n) is 10.3. The molecule has 73 heavy (non-hydrogen) atoms. The standard InChI is InChI=1S/C61H100F6N2O2S2/c1-5-7-9-11-13-15-17-19-21-23-25-27-29-31-33-35-37-39-45-68-53(70)43-41-51-47-49(3)57(72-51)55-56(60(64,65)61(66,67)59(55,62)63)58-50(4)48-52(73-58)42-44-54(71)69-46-40-38-36-34-32-30-28-26-24-22-20-18-16-14-12-10-8-6-2/h47-48H,5-46H2,1-4H3,(H,68,70)(H,69,71). The van der Waals surface area contributed by atoms with Crippen LogP contribution in [0.2, 0.25) is 0 Å². The average molecular weight is 1070 g/mol. The summed E-state index contributed by atoms with van der Waals surface area (Å²) in [5.41, 5.74) is -2.34. The SMILES string of the molecule is CCCCCCCCCCCCCCCCCCCCNC(=O)CCc1cc(C)c(C2=C(c3sc(CCC(=O)NCCCCCCCCCCCCCCCCCCCC)cc3C)C(F)(F)C(F)(F)C2(F)F)s1. The number of aryl methyl sites for hydroxylation is 4. The highest BCUT2D eigenvalue weighted by Crippen LogP contribution is 2.66. The van der Waals surface area contributed by atoms with Crippen LogP contribution >= 0.6 is 22.7 Å². The Labute approximate surface area is 448 Å². The summed E-state index contributed by atoms with van der Waals surface area (Å²) >= 11 is 1.54. The Hall–Kier alpha value is -2.34. The summed E-state index contributed by atoms with van der Waals surface area (Å²) < 4.78 is 93.6. The lowest BCUT2D eigenvalue weighted by molar-refractivity contribution is -0.254. The van der Waals surface area contributed by atoms with Crippen LogP contribution in [0.3, 0.4) is 0 Å². The minimum atomic E-state index is -5.66. The molecule has 0 aliphatic heterocycles. The first-order valence-corrected chi connectivity index (χ1v) is 31.4. The van der Waals surface area contributed by atoms with Gasteiger partial charge in [-0.1, -0.05) is 232 Å². The second-order valence-electron chi connectivity index (χ2n) is 21.6. The van der Waals surface area contributed by atoms with Crippen LogP contribution < -0.4 is 10.6 Å². The lowest BCUT2D eigenvalue weighted by Crippen LogP contribution is -2.48. The van der Waals surface area contributed by atoms with Crippen molar-refractivity contribution in [1.29, 1.82) is 0 Å². The summed E-state index contributed by atoms with van der Waals surface area (Å²) in [6.07, 6.45) is 46.5. The smallest absolute Gasteiger partial charge is 0.356 e. The maximum absolute atomic E-state index is 15.8. The van der Waals surface area contributed by atoms with E-state index in [1.807, 2.05) is 0 Å². The van der Waals surface area contributed by atoms with E-state index >= 15 is 26.3 Å². The number of nitrogens with one attached hydrogen (secondary N) is 2. The number of carbonyl (C=O) groups is 2. The molecule has 0 spiro atoms. The van der Waals surface area contributed by atoms with Crippen molar-refractivity contribution >= 4 is 45.6 Å². The predicted molar refractivity (Wildman–Crippen MR) is 300 cm³/mol. The van der Waals surface area contributed by atoms with Gasteiger partial charge >= 0.3 is 17.8 Å². The Morgan fingerprint density at radius 1 is 0.397 bits per heavy atom. The van der Waals surface area contributed by atoms with Gasteiger partial charge in [0.1, 0.15) is 0 Å². The van der Waals surface area contributed by atoms with Gasteiger partial charge < -0.3 is 10.6 Å². The van der Waals surface area contributed by atoms with E-state index in [-0.39, 0.29) is 58.4 Å². The molecule has 2 amide bonds. The summed E-state index contributed by atoms with van der Waals surface area (Å²) in [5, 5.41) is 5.84. The molecule has 1 aliphatic carbocycles. The van der Waals surface area contributed by atoms with Crippen LogP contribution in [-0.4, -0.2) is 42.7 Å². The van der Waals surface area contributed by atoms with Gasteiger partial charge in [0.2, 0.25) is 11.8 Å².